The highest BCUT2D eigenvalue weighted by atomic mass is 16.3. The summed E-state index contributed by atoms with van der Waals surface area (Å²) < 4.78 is 0. The summed E-state index contributed by atoms with van der Waals surface area (Å²) in [5.41, 5.74) is 0. The number of aliphatic hydroxyl groups excluding tert-OH is 1. The van der Waals surface area contributed by atoms with Gasteiger partial charge >= 0.3 is 0 Å². The molecule has 62 valence electrons. The highest BCUT2D eigenvalue weighted by molar-refractivity contribution is 5.73. The zero-order valence-electron chi connectivity index (χ0n) is 6.66. The summed E-state index contributed by atoms with van der Waals surface area (Å²) >= 11 is 0. The van der Waals surface area contributed by atoms with Crippen molar-refractivity contribution in [3.8, 4) is 0 Å². The molecule has 0 aromatic carbocycles. The molecule has 0 aromatic heterocycles. The number of aliphatic hydroxyl groups is 1. The number of hydrogen-bond acceptors (Lipinski definition) is 2. The van der Waals surface area contributed by atoms with E-state index < -0.39 is 0 Å². The molecule has 1 saturated heterocycles. The number of nitrogens with zero attached hydrogens (tertiary/aromatic N) is 1. The highest BCUT2D eigenvalue weighted by Crippen LogP contribution is 2.51. The molecule has 1 aliphatic carbocycles. The average molecular weight is 155 g/mol. The van der Waals surface area contributed by atoms with Gasteiger partial charge in [0.05, 0.1) is 0 Å². The van der Waals surface area contributed by atoms with Crippen LogP contribution in [0.2, 0.25) is 0 Å². The van der Waals surface area contributed by atoms with E-state index in [0.717, 1.165) is 13.1 Å². The van der Waals surface area contributed by atoms with Crippen molar-refractivity contribution in [1.29, 1.82) is 0 Å². The van der Waals surface area contributed by atoms with Gasteiger partial charge in [-0.25, -0.2) is 0 Å². The minimum absolute atomic E-state index is 0.175. The molecule has 0 aromatic rings. The van der Waals surface area contributed by atoms with Gasteiger partial charge in [0, 0.05) is 26.6 Å². The van der Waals surface area contributed by atoms with E-state index in [1.165, 1.54) is 0 Å². The normalized spacial score (nSPS) is 40.5. The standard InChI is InChI=1S/C8H13NO2/c1-5(11)9-2-6-7(3-9)8(6)4-10/h6-8,10H,2-4H2,1H3. The Morgan fingerprint density at radius 3 is 2.45 bits per heavy atom. The van der Waals surface area contributed by atoms with Gasteiger partial charge in [0.25, 0.3) is 0 Å². The molecular formula is C8H13NO2. The van der Waals surface area contributed by atoms with E-state index in [2.05, 4.69) is 0 Å². The lowest BCUT2D eigenvalue weighted by molar-refractivity contribution is -0.128. The van der Waals surface area contributed by atoms with Gasteiger partial charge in [-0.15, -0.1) is 0 Å². The van der Waals surface area contributed by atoms with Crippen LogP contribution in [0, 0.1) is 17.8 Å². The minimum atomic E-state index is 0.175. The summed E-state index contributed by atoms with van der Waals surface area (Å²) in [6, 6.07) is 0. The van der Waals surface area contributed by atoms with Crippen LogP contribution in [0.15, 0.2) is 0 Å². The third kappa shape index (κ3) is 0.948. The summed E-state index contributed by atoms with van der Waals surface area (Å²) in [6.07, 6.45) is 0. The van der Waals surface area contributed by atoms with Crippen molar-refractivity contribution in [2.24, 2.45) is 17.8 Å². The smallest absolute Gasteiger partial charge is 0.219 e. The first-order chi connectivity index (χ1) is 5.24. The first kappa shape index (κ1) is 7.10. The summed E-state index contributed by atoms with van der Waals surface area (Å²) in [7, 11) is 0. The van der Waals surface area contributed by atoms with Gasteiger partial charge in [-0.2, -0.15) is 0 Å². The molecule has 11 heavy (non-hydrogen) atoms. The quantitative estimate of drug-likeness (QED) is 0.565. The number of likely N-dealkylation sites (tertiary alicyclic amines) is 1. The van der Waals surface area contributed by atoms with Gasteiger partial charge in [-0.3, -0.25) is 4.79 Å². The second-order valence-electron chi connectivity index (χ2n) is 3.60. The molecule has 2 atom stereocenters. The zero-order chi connectivity index (χ0) is 8.01. The molecule has 0 spiro atoms. The van der Waals surface area contributed by atoms with Crippen LogP contribution in [0.3, 0.4) is 0 Å². The van der Waals surface area contributed by atoms with E-state index in [1.54, 1.807) is 6.92 Å². The van der Waals surface area contributed by atoms with E-state index in [9.17, 15) is 4.79 Å². The number of hydrogen-bond donors (Lipinski definition) is 1. The number of piperidine rings is 1. The molecule has 1 aliphatic heterocycles. The molecule has 1 N–H and O–H groups in total. The fourth-order valence-corrected chi connectivity index (χ4v) is 2.18. The molecule has 2 aliphatic rings. The van der Waals surface area contributed by atoms with Crippen LogP contribution in [0.5, 0.6) is 0 Å². The Labute approximate surface area is 66.0 Å². The van der Waals surface area contributed by atoms with E-state index >= 15 is 0 Å². The van der Waals surface area contributed by atoms with Crippen molar-refractivity contribution >= 4 is 5.91 Å². The van der Waals surface area contributed by atoms with Crippen LogP contribution < -0.4 is 0 Å². The summed E-state index contributed by atoms with van der Waals surface area (Å²) in [4.78, 5) is 12.7. The SMILES string of the molecule is CC(=O)N1CC2C(CO)C2C1. The lowest BCUT2D eigenvalue weighted by Gasteiger charge is -2.16. The molecule has 1 amide bonds. The monoisotopic (exact) mass is 155 g/mol. The van der Waals surface area contributed by atoms with Gasteiger partial charge < -0.3 is 10.0 Å². The Morgan fingerprint density at radius 2 is 2.09 bits per heavy atom. The largest absolute Gasteiger partial charge is 0.396 e. The maximum Gasteiger partial charge on any atom is 0.219 e. The number of carbonyl (C=O) groups is 1. The fourth-order valence-electron chi connectivity index (χ4n) is 2.18. The topological polar surface area (TPSA) is 40.5 Å². The summed E-state index contributed by atoms with van der Waals surface area (Å²) in [5.74, 6) is 1.91. The molecule has 2 rings (SSSR count). The fraction of sp³-hybridized carbons (Fsp3) is 0.875. The zero-order valence-corrected chi connectivity index (χ0v) is 6.66. The molecule has 0 radical (unpaired) electrons. The summed E-state index contributed by atoms with van der Waals surface area (Å²) in [6.45, 7) is 3.68. The van der Waals surface area contributed by atoms with Gasteiger partial charge in [-0.1, -0.05) is 0 Å². The Hall–Kier alpha value is -0.570. The van der Waals surface area contributed by atoms with Crippen LogP contribution in [0.1, 0.15) is 6.92 Å². The predicted molar refractivity (Wildman–Crippen MR) is 39.8 cm³/mol. The number of amides is 1. The van der Waals surface area contributed by atoms with Gasteiger partial charge in [0.1, 0.15) is 0 Å². The van der Waals surface area contributed by atoms with E-state index in [1.807, 2.05) is 4.90 Å². The summed E-state index contributed by atoms with van der Waals surface area (Å²) in [5, 5.41) is 8.83. The first-order valence-electron chi connectivity index (χ1n) is 4.10. The first-order valence-corrected chi connectivity index (χ1v) is 4.10. The van der Waals surface area contributed by atoms with Gasteiger partial charge in [0.2, 0.25) is 5.91 Å². The van der Waals surface area contributed by atoms with Crippen LogP contribution in [0.4, 0.5) is 0 Å². The number of rotatable bonds is 1. The van der Waals surface area contributed by atoms with Crippen molar-refractivity contribution in [1.82, 2.24) is 4.90 Å². The van der Waals surface area contributed by atoms with E-state index in [4.69, 9.17) is 5.11 Å². The molecule has 3 heteroatoms. The van der Waals surface area contributed by atoms with Gasteiger partial charge in [-0.05, 0) is 17.8 Å². The lowest BCUT2D eigenvalue weighted by atomic mass is 10.3. The molecule has 3 nitrogen and oxygen atoms in total. The van der Waals surface area contributed by atoms with Crippen LogP contribution >= 0.6 is 0 Å². The Kier molecular flexibility index (Phi) is 1.42. The van der Waals surface area contributed by atoms with Crippen molar-refractivity contribution in [2.75, 3.05) is 19.7 Å². The molecule has 2 unspecified atom stereocenters. The van der Waals surface area contributed by atoms with Crippen molar-refractivity contribution in [2.45, 2.75) is 6.92 Å². The maximum atomic E-state index is 10.9. The average Bonchev–Trinajstić information content (AvgIpc) is 2.41. The van der Waals surface area contributed by atoms with Crippen molar-refractivity contribution < 1.29 is 9.90 Å². The van der Waals surface area contributed by atoms with Crippen molar-refractivity contribution in [3.63, 3.8) is 0 Å². The lowest BCUT2D eigenvalue weighted by Crippen LogP contribution is -2.29. The second kappa shape index (κ2) is 2.21. The van der Waals surface area contributed by atoms with Crippen LogP contribution in [-0.2, 0) is 4.79 Å². The Bertz CT molecular complexity index is 181. The molecule has 0 bridgehead atoms. The number of fused-ring (bicyclic) bond motifs is 1. The third-order valence-electron chi connectivity index (χ3n) is 3.03. The van der Waals surface area contributed by atoms with Gasteiger partial charge in [0.15, 0.2) is 0 Å². The highest BCUT2D eigenvalue weighted by Gasteiger charge is 2.55. The van der Waals surface area contributed by atoms with Crippen LogP contribution in [-0.4, -0.2) is 35.6 Å². The Balaban J connectivity index is 1.89. The molecule has 1 heterocycles. The second-order valence-corrected chi connectivity index (χ2v) is 3.60. The van der Waals surface area contributed by atoms with Crippen LogP contribution in [0.25, 0.3) is 0 Å². The molecular weight excluding hydrogens is 142 g/mol. The molecule has 1 saturated carbocycles. The predicted octanol–water partition coefficient (Wildman–Crippen LogP) is -0.297. The maximum absolute atomic E-state index is 10.9. The van der Waals surface area contributed by atoms with E-state index in [-0.39, 0.29) is 5.91 Å². The third-order valence-corrected chi connectivity index (χ3v) is 3.03. The van der Waals surface area contributed by atoms with Crippen molar-refractivity contribution in [3.05, 3.63) is 0 Å². The minimum Gasteiger partial charge on any atom is -0.396 e. The Morgan fingerprint density at radius 1 is 1.55 bits per heavy atom. The number of carbonyl (C=O) groups excluding carboxylic acids is 1. The molecule has 2 fully saturated rings. The van der Waals surface area contributed by atoms with E-state index in [0.29, 0.717) is 24.4 Å².